The van der Waals surface area contributed by atoms with Gasteiger partial charge in [0.2, 0.25) is 5.89 Å². The maximum atomic E-state index is 5.27. The van der Waals surface area contributed by atoms with Crippen LogP contribution in [0, 0.1) is 0 Å². The van der Waals surface area contributed by atoms with Crippen molar-refractivity contribution in [2.45, 2.75) is 58.2 Å². The van der Waals surface area contributed by atoms with E-state index in [9.17, 15) is 0 Å². The van der Waals surface area contributed by atoms with Crippen LogP contribution in [0.1, 0.15) is 44.3 Å². The zero-order valence-corrected chi connectivity index (χ0v) is 12.5. The molecule has 3 heterocycles. The quantitative estimate of drug-likeness (QED) is 0.805. The molecule has 21 heavy (non-hydrogen) atoms. The highest BCUT2D eigenvalue weighted by atomic mass is 16.5. The van der Waals surface area contributed by atoms with Gasteiger partial charge in [0.05, 0.1) is 13.1 Å². The molecule has 7 nitrogen and oxygen atoms in total. The lowest BCUT2D eigenvalue weighted by atomic mass is 10.0. The summed E-state index contributed by atoms with van der Waals surface area (Å²) in [5.41, 5.74) is 0. The summed E-state index contributed by atoms with van der Waals surface area (Å²) in [4.78, 5) is 10.9. The van der Waals surface area contributed by atoms with Crippen molar-refractivity contribution in [2.75, 3.05) is 6.54 Å². The molecule has 1 unspecified atom stereocenters. The SMILES string of the molecule is CCCc1nc(CN2CCCCC2Cn2cncn2)no1. The maximum Gasteiger partial charge on any atom is 0.226 e. The van der Waals surface area contributed by atoms with Gasteiger partial charge in [-0.05, 0) is 25.8 Å². The number of piperidine rings is 1. The zero-order valence-electron chi connectivity index (χ0n) is 12.5. The Morgan fingerprint density at radius 2 is 2.33 bits per heavy atom. The van der Waals surface area contributed by atoms with Crippen LogP contribution >= 0.6 is 0 Å². The predicted octanol–water partition coefficient (Wildman–Crippen LogP) is 1.67. The fourth-order valence-electron chi connectivity index (χ4n) is 2.87. The average molecular weight is 290 g/mol. The van der Waals surface area contributed by atoms with Gasteiger partial charge in [0.1, 0.15) is 12.7 Å². The number of likely N-dealkylation sites (tertiary alicyclic amines) is 1. The van der Waals surface area contributed by atoms with Gasteiger partial charge in [-0.25, -0.2) is 4.98 Å². The Morgan fingerprint density at radius 3 is 3.14 bits per heavy atom. The van der Waals surface area contributed by atoms with Crippen LogP contribution in [0.15, 0.2) is 17.2 Å². The molecule has 0 spiro atoms. The molecule has 1 aliphatic rings. The van der Waals surface area contributed by atoms with Gasteiger partial charge in [-0.2, -0.15) is 10.1 Å². The van der Waals surface area contributed by atoms with Gasteiger partial charge in [0.15, 0.2) is 5.82 Å². The third kappa shape index (κ3) is 3.66. The van der Waals surface area contributed by atoms with Crippen molar-refractivity contribution in [1.29, 1.82) is 0 Å². The van der Waals surface area contributed by atoms with Gasteiger partial charge < -0.3 is 4.52 Å². The molecule has 1 fully saturated rings. The molecule has 3 rings (SSSR count). The van der Waals surface area contributed by atoms with Crippen molar-refractivity contribution in [3.63, 3.8) is 0 Å². The standard InChI is InChI=1S/C14H22N6O/c1-2-5-14-17-13(18-21-14)9-19-7-4-3-6-12(19)8-20-11-15-10-16-20/h10-12H,2-9H2,1H3. The molecule has 0 N–H and O–H groups in total. The molecule has 0 radical (unpaired) electrons. The first-order chi connectivity index (χ1) is 10.3. The molecule has 0 aliphatic carbocycles. The monoisotopic (exact) mass is 290 g/mol. The molecule has 0 aromatic carbocycles. The molecule has 1 saturated heterocycles. The van der Waals surface area contributed by atoms with E-state index in [1.54, 1.807) is 12.7 Å². The van der Waals surface area contributed by atoms with Crippen molar-refractivity contribution in [3.05, 3.63) is 24.4 Å². The Balaban J connectivity index is 1.63. The molecule has 114 valence electrons. The lowest BCUT2D eigenvalue weighted by Crippen LogP contribution is -2.41. The highest BCUT2D eigenvalue weighted by Gasteiger charge is 2.24. The van der Waals surface area contributed by atoms with Gasteiger partial charge in [-0.1, -0.05) is 18.5 Å². The van der Waals surface area contributed by atoms with Gasteiger partial charge in [0.25, 0.3) is 0 Å². The first-order valence-corrected chi connectivity index (χ1v) is 7.73. The van der Waals surface area contributed by atoms with Crippen LogP contribution in [0.3, 0.4) is 0 Å². The third-order valence-corrected chi connectivity index (χ3v) is 3.93. The molecule has 1 atom stereocenters. The molecular formula is C14H22N6O. The Labute approximate surface area is 124 Å². The van der Waals surface area contributed by atoms with Gasteiger partial charge in [-0.3, -0.25) is 9.58 Å². The summed E-state index contributed by atoms with van der Waals surface area (Å²) in [6, 6.07) is 0.466. The summed E-state index contributed by atoms with van der Waals surface area (Å²) < 4.78 is 7.18. The first kappa shape index (κ1) is 14.2. The highest BCUT2D eigenvalue weighted by molar-refractivity contribution is 4.89. The van der Waals surface area contributed by atoms with E-state index in [0.29, 0.717) is 6.04 Å². The van der Waals surface area contributed by atoms with Crippen LogP contribution in [0.5, 0.6) is 0 Å². The summed E-state index contributed by atoms with van der Waals surface area (Å²) in [6.07, 6.45) is 8.93. The van der Waals surface area contributed by atoms with E-state index < -0.39 is 0 Å². The van der Waals surface area contributed by atoms with Crippen molar-refractivity contribution >= 4 is 0 Å². The second-order valence-corrected chi connectivity index (χ2v) is 5.59. The fourth-order valence-corrected chi connectivity index (χ4v) is 2.87. The third-order valence-electron chi connectivity index (χ3n) is 3.93. The van der Waals surface area contributed by atoms with Crippen LogP contribution in [-0.2, 0) is 19.5 Å². The Bertz CT molecular complexity index is 537. The molecule has 7 heteroatoms. The van der Waals surface area contributed by atoms with Gasteiger partial charge >= 0.3 is 0 Å². The first-order valence-electron chi connectivity index (χ1n) is 7.73. The number of hydrogen-bond acceptors (Lipinski definition) is 6. The molecule has 2 aromatic heterocycles. The van der Waals surface area contributed by atoms with Crippen LogP contribution < -0.4 is 0 Å². The van der Waals surface area contributed by atoms with E-state index in [0.717, 1.165) is 44.2 Å². The molecular weight excluding hydrogens is 268 g/mol. The lowest BCUT2D eigenvalue weighted by molar-refractivity contribution is 0.117. The smallest absolute Gasteiger partial charge is 0.226 e. The molecule has 0 bridgehead atoms. The van der Waals surface area contributed by atoms with Crippen LogP contribution in [0.4, 0.5) is 0 Å². The largest absolute Gasteiger partial charge is 0.339 e. The van der Waals surface area contributed by atoms with Gasteiger partial charge in [-0.15, -0.1) is 0 Å². The summed E-state index contributed by atoms with van der Waals surface area (Å²) >= 11 is 0. The van der Waals surface area contributed by atoms with E-state index in [4.69, 9.17) is 4.52 Å². The Kier molecular flexibility index (Phi) is 4.59. The fraction of sp³-hybridized carbons (Fsp3) is 0.714. The summed E-state index contributed by atoms with van der Waals surface area (Å²) in [5, 5.41) is 8.31. The van der Waals surface area contributed by atoms with Crippen LogP contribution in [0.2, 0.25) is 0 Å². The number of hydrogen-bond donors (Lipinski definition) is 0. The van der Waals surface area contributed by atoms with Crippen LogP contribution in [-0.4, -0.2) is 42.4 Å². The topological polar surface area (TPSA) is 72.9 Å². The summed E-state index contributed by atoms with van der Waals surface area (Å²) in [6.45, 7) is 4.83. The number of aromatic nitrogens is 5. The maximum absolute atomic E-state index is 5.27. The molecule has 1 aliphatic heterocycles. The average Bonchev–Trinajstić information content (AvgIpc) is 3.14. The minimum absolute atomic E-state index is 0.466. The van der Waals surface area contributed by atoms with E-state index in [1.165, 1.54) is 19.3 Å². The molecule has 0 amide bonds. The van der Waals surface area contributed by atoms with Crippen molar-refractivity contribution in [2.24, 2.45) is 0 Å². The van der Waals surface area contributed by atoms with Crippen molar-refractivity contribution in [3.8, 4) is 0 Å². The minimum atomic E-state index is 0.466. The van der Waals surface area contributed by atoms with Crippen LogP contribution in [0.25, 0.3) is 0 Å². The second kappa shape index (κ2) is 6.80. The van der Waals surface area contributed by atoms with E-state index in [2.05, 4.69) is 32.0 Å². The summed E-state index contributed by atoms with van der Waals surface area (Å²) in [5.74, 6) is 1.54. The minimum Gasteiger partial charge on any atom is -0.339 e. The normalized spacial score (nSPS) is 20.0. The predicted molar refractivity (Wildman–Crippen MR) is 76.4 cm³/mol. The van der Waals surface area contributed by atoms with E-state index in [-0.39, 0.29) is 0 Å². The van der Waals surface area contributed by atoms with Crippen molar-refractivity contribution in [1.82, 2.24) is 29.8 Å². The van der Waals surface area contributed by atoms with E-state index in [1.807, 2.05) is 4.68 Å². The number of rotatable bonds is 6. The zero-order chi connectivity index (χ0) is 14.5. The number of nitrogens with zero attached hydrogens (tertiary/aromatic N) is 6. The van der Waals surface area contributed by atoms with E-state index >= 15 is 0 Å². The van der Waals surface area contributed by atoms with Gasteiger partial charge in [0, 0.05) is 12.5 Å². The number of aryl methyl sites for hydroxylation is 1. The molecule has 2 aromatic rings. The summed E-state index contributed by atoms with van der Waals surface area (Å²) in [7, 11) is 0. The second-order valence-electron chi connectivity index (χ2n) is 5.59. The van der Waals surface area contributed by atoms with Crippen molar-refractivity contribution < 1.29 is 4.52 Å². The highest BCUT2D eigenvalue weighted by Crippen LogP contribution is 2.20. The molecule has 0 saturated carbocycles. The Morgan fingerprint density at radius 1 is 1.38 bits per heavy atom. The lowest BCUT2D eigenvalue weighted by Gasteiger charge is -2.34. The Hall–Kier alpha value is -1.76.